The van der Waals surface area contributed by atoms with Crippen LogP contribution in [0.4, 0.5) is 4.79 Å². The van der Waals surface area contributed by atoms with Gasteiger partial charge in [-0.1, -0.05) is 13.3 Å². The van der Waals surface area contributed by atoms with Gasteiger partial charge >= 0.3 is 6.03 Å². The van der Waals surface area contributed by atoms with Crippen molar-refractivity contribution >= 4 is 29.1 Å². The maximum absolute atomic E-state index is 10.5. The number of rotatable bonds is 3. The molecule has 1 aliphatic rings. The summed E-state index contributed by atoms with van der Waals surface area (Å²) in [5.41, 5.74) is 0. The van der Waals surface area contributed by atoms with Crippen LogP contribution < -0.4 is 0 Å². The van der Waals surface area contributed by atoms with Gasteiger partial charge in [0.05, 0.1) is 6.21 Å². The third-order valence-corrected chi connectivity index (χ3v) is 2.22. The number of urea groups is 1. The molecular formula is C7H10N2OS. The van der Waals surface area contributed by atoms with Crippen molar-refractivity contribution in [1.82, 2.24) is 0 Å². The molecule has 0 aromatic rings. The molecule has 0 unspecified atom stereocenters. The summed E-state index contributed by atoms with van der Waals surface area (Å²) in [5.74, 6) is 1.02. The fourth-order valence-corrected chi connectivity index (χ4v) is 1.57. The first-order valence-electron chi connectivity index (χ1n) is 3.62. The quantitative estimate of drug-likeness (QED) is 0.609. The molecule has 0 radical (unpaired) electrons. The van der Waals surface area contributed by atoms with Gasteiger partial charge in [0.1, 0.15) is 5.04 Å². The zero-order valence-electron chi connectivity index (χ0n) is 6.41. The van der Waals surface area contributed by atoms with Crippen molar-refractivity contribution in [2.24, 2.45) is 9.98 Å². The van der Waals surface area contributed by atoms with Gasteiger partial charge in [-0.25, -0.2) is 4.79 Å². The van der Waals surface area contributed by atoms with Crippen LogP contribution in [0.5, 0.6) is 0 Å². The highest BCUT2D eigenvalue weighted by Crippen LogP contribution is 2.09. The minimum Gasteiger partial charge on any atom is -0.244 e. The molecule has 0 fully saturated rings. The molecule has 0 atom stereocenters. The number of carbonyl (C=O) groups excluding carboxylic acids is 1. The number of amides is 2. The number of hydrogen-bond acceptors (Lipinski definition) is 2. The second-order valence-electron chi connectivity index (χ2n) is 2.19. The number of thioether (sulfide) groups is 1. The summed E-state index contributed by atoms with van der Waals surface area (Å²) in [6.07, 6.45) is 3.86. The van der Waals surface area contributed by atoms with E-state index in [0.29, 0.717) is 0 Å². The zero-order chi connectivity index (χ0) is 8.10. The standard InChI is InChI=1S/C7H10N2OS/c1-2-3-4-11-6-5-8-7(10)9-6/h5H,2-4H2,1H3. The van der Waals surface area contributed by atoms with E-state index in [1.807, 2.05) is 0 Å². The molecule has 0 aliphatic carbocycles. The molecular weight excluding hydrogens is 160 g/mol. The molecule has 2 amide bonds. The van der Waals surface area contributed by atoms with Gasteiger partial charge < -0.3 is 0 Å². The molecule has 11 heavy (non-hydrogen) atoms. The molecule has 0 aromatic heterocycles. The van der Waals surface area contributed by atoms with Gasteiger partial charge in [0.15, 0.2) is 0 Å². The summed E-state index contributed by atoms with van der Waals surface area (Å²) in [5, 5.41) is 0.753. The number of hydrogen-bond donors (Lipinski definition) is 0. The summed E-state index contributed by atoms with van der Waals surface area (Å²) in [7, 11) is 0. The van der Waals surface area contributed by atoms with Crippen molar-refractivity contribution < 1.29 is 4.79 Å². The van der Waals surface area contributed by atoms with Gasteiger partial charge in [-0.3, -0.25) is 0 Å². The van der Waals surface area contributed by atoms with E-state index in [0.717, 1.165) is 17.2 Å². The Morgan fingerprint density at radius 1 is 1.64 bits per heavy atom. The van der Waals surface area contributed by atoms with Gasteiger partial charge in [0.2, 0.25) is 0 Å². The summed E-state index contributed by atoms with van der Waals surface area (Å²) < 4.78 is 0. The smallest absolute Gasteiger partial charge is 0.244 e. The molecule has 1 aliphatic heterocycles. The van der Waals surface area contributed by atoms with Crippen LogP contribution >= 0.6 is 11.8 Å². The van der Waals surface area contributed by atoms with Gasteiger partial charge in [0, 0.05) is 0 Å². The molecule has 0 saturated heterocycles. The molecule has 60 valence electrons. The Labute approximate surface area is 70.0 Å². The molecule has 0 spiro atoms. The Balaban J connectivity index is 2.23. The van der Waals surface area contributed by atoms with Crippen LogP contribution in [0.25, 0.3) is 0 Å². The maximum Gasteiger partial charge on any atom is 0.368 e. The summed E-state index contributed by atoms with van der Waals surface area (Å²) in [6.45, 7) is 2.14. The van der Waals surface area contributed by atoms with Gasteiger partial charge in [-0.15, -0.1) is 11.8 Å². The lowest BCUT2D eigenvalue weighted by Gasteiger charge is -1.93. The van der Waals surface area contributed by atoms with Gasteiger partial charge in [-0.2, -0.15) is 9.98 Å². The molecule has 4 heteroatoms. The molecule has 1 rings (SSSR count). The minimum atomic E-state index is -0.371. The average Bonchev–Trinajstić information content (AvgIpc) is 2.37. The van der Waals surface area contributed by atoms with E-state index in [9.17, 15) is 4.79 Å². The van der Waals surface area contributed by atoms with E-state index >= 15 is 0 Å². The van der Waals surface area contributed by atoms with Crippen molar-refractivity contribution in [1.29, 1.82) is 0 Å². The maximum atomic E-state index is 10.5. The summed E-state index contributed by atoms with van der Waals surface area (Å²) in [4.78, 5) is 17.7. The van der Waals surface area contributed by atoms with Crippen LogP contribution in [-0.2, 0) is 0 Å². The lowest BCUT2D eigenvalue weighted by atomic mass is 10.4. The Bertz CT molecular complexity index is 210. The predicted molar refractivity (Wildman–Crippen MR) is 48.7 cm³/mol. The van der Waals surface area contributed by atoms with E-state index in [4.69, 9.17) is 0 Å². The first kappa shape index (κ1) is 8.46. The van der Waals surface area contributed by atoms with Crippen molar-refractivity contribution in [2.75, 3.05) is 5.75 Å². The van der Waals surface area contributed by atoms with Gasteiger partial charge in [0.25, 0.3) is 0 Å². The summed E-state index contributed by atoms with van der Waals surface area (Å²) >= 11 is 1.59. The van der Waals surface area contributed by atoms with E-state index < -0.39 is 0 Å². The number of aliphatic imine (C=N–C) groups is 2. The van der Waals surface area contributed by atoms with Crippen molar-refractivity contribution in [3.8, 4) is 0 Å². The third kappa shape index (κ3) is 2.84. The highest BCUT2D eigenvalue weighted by atomic mass is 32.2. The first-order valence-corrected chi connectivity index (χ1v) is 4.61. The highest BCUT2D eigenvalue weighted by molar-refractivity contribution is 8.15. The SMILES string of the molecule is CCCCSC1=NC(=O)N=C1. The van der Waals surface area contributed by atoms with Crippen LogP contribution in [0.1, 0.15) is 19.8 Å². The number of nitrogens with zero attached hydrogens (tertiary/aromatic N) is 2. The Kier molecular flexibility index (Phi) is 3.29. The Hall–Kier alpha value is -0.640. The van der Waals surface area contributed by atoms with Crippen LogP contribution in [-0.4, -0.2) is 23.0 Å². The average molecular weight is 170 g/mol. The molecule has 3 nitrogen and oxygen atoms in total. The normalized spacial score (nSPS) is 15.7. The summed E-state index contributed by atoms with van der Waals surface area (Å²) in [6, 6.07) is -0.371. The minimum absolute atomic E-state index is 0.371. The van der Waals surface area contributed by atoms with E-state index in [2.05, 4.69) is 16.9 Å². The van der Waals surface area contributed by atoms with Gasteiger partial charge in [-0.05, 0) is 12.2 Å². The fourth-order valence-electron chi connectivity index (χ4n) is 0.653. The highest BCUT2D eigenvalue weighted by Gasteiger charge is 2.06. The zero-order valence-corrected chi connectivity index (χ0v) is 7.23. The molecule has 0 bridgehead atoms. The van der Waals surface area contributed by atoms with Crippen LogP contribution in [0.3, 0.4) is 0 Å². The van der Waals surface area contributed by atoms with Crippen LogP contribution in [0.15, 0.2) is 9.98 Å². The topological polar surface area (TPSA) is 41.8 Å². The number of carbonyl (C=O) groups is 1. The fraction of sp³-hybridized carbons (Fsp3) is 0.571. The molecule has 0 aromatic carbocycles. The monoisotopic (exact) mass is 170 g/mol. The molecule has 0 N–H and O–H groups in total. The van der Waals surface area contributed by atoms with E-state index in [-0.39, 0.29) is 6.03 Å². The second kappa shape index (κ2) is 4.28. The Morgan fingerprint density at radius 3 is 3.00 bits per heavy atom. The first-order chi connectivity index (χ1) is 5.33. The predicted octanol–water partition coefficient (Wildman–Crippen LogP) is 2.12. The number of unbranched alkanes of at least 4 members (excludes halogenated alkanes) is 1. The van der Waals surface area contributed by atoms with Crippen LogP contribution in [0, 0.1) is 0 Å². The van der Waals surface area contributed by atoms with Crippen molar-refractivity contribution in [3.05, 3.63) is 0 Å². The Morgan fingerprint density at radius 2 is 2.45 bits per heavy atom. The molecule has 1 heterocycles. The lowest BCUT2D eigenvalue weighted by Crippen LogP contribution is -1.91. The van der Waals surface area contributed by atoms with Crippen LogP contribution in [0.2, 0.25) is 0 Å². The van der Waals surface area contributed by atoms with E-state index in [1.165, 1.54) is 12.6 Å². The van der Waals surface area contributed by atoms with E-state index in [1.54, 1.807) is 11.8 Å². The lowest BCUT2D eigenvalue weighted by molar-refractivity contribution is 0.257. The third-order valence-electron chi connectivity index (χ3n) is 1.24. The second-order valence-corrected chi connectivity index (χ2v) is 3.31. The van der Waals surface area contributed by atoms with Crippen molar-refractivity contribution in [3.63, 3.8) is 0 Å². The largest absolute Gasteiger partial charge is 0.368 e. The molecule has 0 saturated carbocycles. The van der Waals surface area contributed by atoms with Crippen molar-refractivity contribution in [2.45, 2.75) is 19.8 Å².